The number of allylic oxidation sites excluding steroid dienone is 3. The molecule has 4 rings (SSSR count). The van der Waals surface area contributed by atoms with Crippen molar-refractivity contribution in [1.82, 2.24) is 0 Å². The molecule has 4 heteroatoms. The highest BCUT2D eigenvalue weighted by atomic mass is 32.2. The van der Waals surface area contributed by atoms with Crippen LogP contribution in [-0.2, 0) is 14.3 Å². The summed E-state index contributed by atoms with van der Waals surface area (Å²) in [5.41, 5.74) is 1.67. The fourth-order valence-electron chi connectivity index (χ4n) is 5.99. The smallest absolute Gasteiger partial charge is 0.267 e. The van der Waals surface area contributed by atoms with E-state index in [0.29, 0.717) is 24.4 Å². The van der Waals surface area contributed by atoms with Gasteiger partial charge in [-0.3, -0.25) is 4.18 Å². The fourth-order valence-corrected chi connectivity index (χ4v) is 6.56. The molecular formula is C20H30O3S. The van der Waals surface area contributed by atoms with Gasteiger partial charge >= 0.3 is 0 Å². The second-order valence-electron chi connectivity index (χ2n) is 8.31. The summed E-state index contributed by atoms with van der Waals surface area (Å²) in [4.78, 5) is 0. The van der Waals surface area contributed by atoms with Crippen LogP contribution in [0.1, 0.15) is 58.3 Å². The van der Waals surface area contributed by atoms with Crippen LogP contribution < -0.4 is 0 Å². The van der Waals surface area contributed by atoms with Crippen LogP contribution in [0, 0.1) is 29.1 Å². The van der Waals surface area contributed by atoms with Crippen molar-refractivity contribution in [2.24, 2.45) is 29.1 Å². The minimum Gasteiger partial charge on any atom is -0.269 e. The van der Waals surface area contributed by atoms with Crippen molar-refractivity contribution < 1.29 is 12.6 Å². The van der Waals surface area contributed by atoms with Gasteiger partial charge in [0, 0.05) is 5.41 Å². The lowest BCUT2D eigenvalue weighted by Crippen LogP contribution is -2.44. The highest BCUT2D eigenvalue weighted by molar-refractivity contribution is 7.86. The third kappa shape index (κ3) is 2.80. The van der Waals surface area contributed by atoms with Crippen LogP contribution in [0.15, 0.2) is 23.8 Å². The Bertz CT molecular complexity index is 648. The van der Waals surface area contributed by atoms with E-state index in [1.54, 1.807) is 12.5 Å². The zero-order valence-electron chi connectivity index (χ0n) is 14.7. The van der Waals surface area contributed by atoms with E-state index in [4.69, 9.17) is 4.18 Å². The molecule has 0 radical (unpaired) electrons. The molecule has 0 aromatic carbocycles. The first-order valence-corrected chi connectivity index (χ1v) is 11.4. The lowest BCUT2D eigenvalue weighted by Gasteiger charge is -2.49. The van der Waals surface area contributed by atoms with Crippen molar-refractivity contribution in [2.75, 3.05) is 12.4 Å². The van der Waals surface area contributed by atoms with Gasteiger partial charge in [0.25, 0.3) is 10.1 Å². The minimum atomic E-state index is -3.36. The van der Waals surface area contributed by atoms with E-state index in [9.17, 15) is 8.42 Å². The molecule has 4 aliphatic carbocycles. The van der Waals surface area contributed by atoms with Crippen LogP contribution in [0.5, 0.6) is 0 Å². The Morgan fingerprint density at radius 2 is 2.12 bits per heavy atom. The van der Waals surface area contributed by atoms with Gasteiger partial charge in [-0.25, -0.2) is 0 Å². The zero-order valence-corrected chi connectivity index (χ0v) is 15.6. The zero-order chi connectivity index (χ0) is 16.8. The second kappa shape index (κ2) is 6.28. The quantitative estimate of drug-likeness (QED) is 0.555. The van der Waals surface area contributed by atoms with Crippen LogP contribution in [-0.4, -0.2) is 20.8 Å². The highest BCUT2D eigenvalue weighted by Crippen LogP contribution is 2.58. The molecular weight excluding hydrogens is 320 g/mol. The number of hydrogen-bond acceptors (Lipinski definition) is 3. The lowest BCUT2D eigenvalue weighted by molar-refractivity contribution is 0.0614. The number of hydrogen-bond donors (Lipinski definition) is 0. The van der Waals surface area contributed by atoms with Crippen LogP contribution in [0.3, 0.4) is 0 Å². The average molecular weight is 351 g/mol. The van der Waals surface area contributed by atoms with Crippen molar-refractivity contribution in [2.45, 2.75) is 58.3 Å². The van der Waals surface area contributed by atoms with E-state index >= 15 is 0 Å². The molecule has 2 saturated carbocycles. The molecule has 0 aromatic heterocycles. The lowest BCUT2D eigenvalue weighted by atomic mass is 9.56. The van der Waals surface area contributed by atoms with Crippen molar-refractivity contribution in [3.8, 4) is 0 Å². The molecule has 0 amide bonds. The first-order chi connectivity index (χ1) is 11.5. The molecule has 4 aliphatic rings. The van der Waals surface area contributed by atoms with Gasteiger partial charge in [0.15, 0.2) is 0 Å². The Hall–Kier alpha value is -0.610. The van der Waals surface area contributed by atoms with Crippen molar-refractivity contribution >= 4 is 10.1 Å². The van der Waals surface area contributed by atoms with Gasteiger partial charge in [-0.05, 0) is 69.1 Å². The molecule has 0 N–H and O–H groups in total. The summed E-state index contributed by atoms with van der Waals surface area (Å²) < 4.78 is 29.1. The van der Waals surface area contributed by atoms with E-state index in [0.717, 1.165) is 12.3 Å². The van der Waals surface area contributed by atoms with Gasteiger partial charge in [0.2, 0.25) is 0 Å². The Morgan fingerprint density at radius 1 is 1.25 bits per heavy atom. The molecule has 3 nitrogen and oxygen atoms in total. The first-order valence-electron chi connectivity index (χ1n) is 9.80. The van der Waals surface area contributed by atoms with Gasteiger partial charge in [-0.2, -0.15) is 8.42 Å². The van der Waals surface area contributed by atoms with E-state index < -0.39 is 10.1 Å². The predicted octanol–water partition coefficient (Wildman–Crippen LogP) is 4.46. The monoisotopic (exact) mass is 350 g/mol. The van der Waals surface area contributed by atoms with Gasteiger partial charge in [-0.15, -0.1) is 0 Å². The molecule has 0 unspecified atom stereocenters. The minimum absolute atomic E-state index is 0.0383. The summed E-state index contributed by atoms with van der Waals surface area (Å²) >= 11 is 0. The standard InChI is InChI=1S/C20H30O3S/c1-2-24(21,22)23-14-20-12-5-8-19(20)18-10-9-15-6-3-4-7-16(15)17(18)11-13-20/h9,11,13,16-19H,2-8,10,12,14H2,1H3/t16-,17+,18+,19-,20-/m0/s1. The van der Waals surface area contributed by atoms with Crippen molar-refractivity contribution in [1.29, 1.82) is 0 Å². The molecule has 134 valence electrons. The normalized spacial score (nSPS) is 41.3. The highest BCUT2D eigenvalue weighted by Gasteiger charge is 2.52. The first kappa shape index (κ1) is 16.8. The van der Waals surface area contributed by atoms with Crippen LogP contribution in [0.25, 0.3) is 0 Å². The topological polar surface area (TPSA) is 43.4 Å². The summed E-state index contributed by atoms with van der Waals surface area (Å²) in [5, 5.41) is 0. The number of rotatable bonds is 4. The van der Waals surface area contributed by atoms with Gasteiger partial charge < -0.3 is 0 Å². The third-order valence-electron chi connectivity index (χ3n) is 7.24. The SMILES string of the molecule is CCS(=O)(=O)OC[C@]12C=C[C@H]3[C@@H](CC=C4CCCC[C@@H]43)[C@@H]1CCC2. The van der Waals surface area contributed by atoms with E-state index in [1.807, 2.05) is 0 Å². The molecule has 2 fully saturated rings. The summed E-state index contributed by atoms with van der Waals surface area (Å²) in [6.07, 6.45) is 17.4. The molecule has 0 saturated heterocycles. The second-order valence-corrected chi connectivity index (χ2v) is 10.2. The average Bonchev–Trinajstić information content (AvgIpc) is 3.04. The summed E-state index contributed by atoms with van der Waals surface area (Å²) in [6, 6.07) is 0. The number of fused-ring (bicyclic) bond motifs is 5. The largest absolute Gasteiger partial charge is 0.269 e. The van der Waals surface area contributed by atoms with Crippen LogP contribution in [0.4, 0.5) is 0 Å². The summed E-state index contributed by atoms with van der Waals surface area (Å²) in [5.74, 6) is 2.80. The Morgan fingerprint density at radius 3 is 2.96 bits per heavy atom. The van der Waals surface area contributed by atoms with E-state index in [-0.39, 0.29) is 11.2 Å². The fraction of sp³-hybridized carbons (Fsp3) is 0.800. The molecule has 24 heavy (non-hydrogen) atoms. The van der Waals surface area contributed by atoms with Crippen LogP contribution in [0.2, 0.25) is 0 Å². The molecule has 0 aromatic rings. The summed E-state index contributed by atoms with van der Waals surface area (Å²) in [6.45, 7) is 2.01. The molecule has 0 bridgehead atoms. The predicted molar refractivity (Wildman–Crippen MR) is 96.0 cm³/mol. The molecule has 5 atom stereocenters. The third-order valence-corrected chi connectivity index (χ3v) is 8.43. The Balaban J connectivity index is 1.59. The van der Waals surface area contributed by atoms with Gasteiger partial charge in [-0.1, -0.05) is 36.6 Å². The van der Waals surface area contributed by atoms with E-state index in [2.05, 4.69) is 18.2 Å². The Labute approximate surface area is 146 Å². The van der Waals surface area contributed by atoms with Crippen molar-refractivity contribution in [3.63, 3.8) is 0 Å². The maximum absolute atomic E-state index is 11.8. The van der Waals surface area contributed by atoms with Crippen molar-refractivity contribution in [3.05, 3.63) is 23.8 Å². The maximum atomic E-state index is 11.8. The maximum Gasteiger partial charge on any atom is 0.267 e. The van der Waals surface area contributed by atoms with Gasteiger partial charge in [0.05, 0.1) is 12.4 Å². The summed E-state index contributed by atoms with van der Waals surface area (Å²) in [7, 11) is -3.36. The Kier molecular flexibility index (Phi) is 4.41. The molecule has 0 aliphatic heterocycles. The van der Waals surface area contributed by atoms with Gasteiger partial charge in [0.1, 0.15) is 0 Å². The van der Waals surface area contributed by atoms with Crippen LogP contribution >= 0.6 is 0 Å². The van der Waals surface area contributed by atoms with E-state index in [1.165, 1.54) is 44.9 Å². The molecule has 0 spiro atoms. The molecule has 0 heterocycles.